The Morgan fingerprint density at radius 1 is 1.21 bits per heavy atom. The van der Waals surface area contributed by atoms with Gasteiger partial charge in [-0.25, -0.2) is 13.1 Å². The van der Waals surface area contributed by atoms with E-state index in [2.05, 4.69) is 15.2 Å². The number of anilines is 1. The van der Waals surface area contributed by atoms with Gasteiger partial charge in [0.15, 0.2) is 5.82 Å². The summed E-state index contributed by atoms with van der Waals surface area (Å²) in [6, 6.07) is 4.68. The first-order valence-corrected chi connectivity index (χ1v) is 8.59. The van der Waals surface area contributed by atoms with Gasteiger partial charge in [0.05, 0.1) is 18.6 Å². The topological polar surface area (TPSA) is 111 Å². The van der Waals surface area contributed by atoms with Crippen LogP contribution in [0.1, 0.15) is 16.9 Å². The largest absolute Gasteiger partial charge is 0.496 e. The molecule has 2 N–H and O–H groups in total. The zero-order chi connectivity index (χ0) is 17.9. The Balaban J connectivity index is 2.08. The highest BCUT2D eigenvalue weighted by Crippen LogP contribution is 2.25. The molecule has 0 aliphatic heterocycles. The average molecular weight is 353 g/mol. The summed E-state index contributed by atoms with van der Waals surface area (Å²) in [7, 11) is -2.31. The van der Waals surface area contributed by atoms with Crippen LogP contribution in [0.15, 0.2) is 27.6 Å². The molecule has 1 aromatic heterocycles. The number of carbonyl (C=O) groups excluding carboxylic acids is 1. The minimum absolute atomic E-state index is 0.103. The van der Waals surface area contributed by atoms with Crippen LogP contribution in [-0.2, 0) is 14.8 Å². The predicted octanol–water partition coefficient (Wildman–Crippen LogP) is 1.53. The molecule has 0 atom stereocenters. The average Bonchev–Trinajstić information content (AvgIpc) is 2.92. The maximum atomic E-state index is 12.4. The van der Waals surface area contributed by atoms with Crippen molar-refractivity contribution in [3.63, 3.8) is 0 Å². The summed E-state index contributed by atoms with van der Waals surface area (Å²) in [4.78, 5) is 11.9. The fourth-order valence-electron chi connectivity index (χ4n) is 2.12. The Morgan fingerprint density at radius 2 is 1.92 bits per heavy atom. The van der Waals surface area contributed by atoms with E-state index in [1.807, 2.05) is 0 Å². The number of rotatable bonds is 6. The minimum atomic E-state index is -3.83. The summed E-state index contributed by atoms with van der Waals surface area (Å²) in [6.07, 6.45) is 0. The highest BCUT2D eigenvalue weighted by atomic mass is 32.2. The van der Waals surface area contributed by atoms with Crippen LogP contribution in [0.2, 0.25) is 0 Å². The molecular weight excluding hydrogens is 334 g/mol. The van der Waals surface area contributed by atoms with Crippen LogP contribution < -0.4 is 14.8 Å². The van der Waals surface area contributed by atoms with Gasteiger partial charge in [0.25, 0.3) is 0 Å². The van der Waals surface area contributed by atoms with E-state index >= 15 is 0 Å². The maximum Gasteiger partial charge on any atom is 0.241 e. The minimum Gasteiger partial charge on any atom is -0.496 e. The fraction of sp³-hybridized carbons (Fsp3) is 0.333. The zero-order valence-electron chi connectivity index (χ0n) is 13.8. The summed E-state index contributed by atoms with van der Waals surface area (Å²) < 4.78 is 37.0. The molecule has 0 saturated carbocycles. The number of benzene rings is 1. The van der Waals surface area contributed by atoms with Crippen molar-refractivity contribution >= 4 is 21.7 Å². The van der Waals surface area contributed by atoms with Crippen LogP contribution >= 0.6 is 0 Å². The Morgan fingerprint density at radius 3 is 2.50 bits per heavy atom. The monoisotopic (exact) mass is 353 g/mol. The van der Waals surface area contributed by atoms with Crippen LogP contribution in [0.5, 0.6) is 5.75 Å². The van der Waals surface area contributed by atoms with Gasteiger partial charge < -0.3 is 14.6 Å². The molecule has 1 heterocycles. The van der Waals surface area contributed by atoms with Crippen molar-refractivity contribution in [3.8, 4) is 5.75 Å². The number of ether oxygens (including phenoxy) is 1. The van der Waals surface area contributed by atoms with Gasteiger partial charge in [0.2, 0.25) is 15.9 Å². The first kappa shape index (κ1) is 18.0. The number of carbonyl (C=O) groups is 1. The number of hydrogen-bond donors (Lipinski definition) is 2. The molecule has 1 aromatic carbocycles. The van der Waals surface area contributed by atoms with Crippen molar-refractivity contribution < 1.29 is 22.5 Å². The number of hydrogen-bond acceptors (Lipinski definition) is 6. The first-order valence-electron chi connectivity index (χ1n) is 7.11. The lowest BCUT2D eigenvalue weighted by Gasteiger charge is -2.12. The van der Waals surface area contributed by atoms with Gasteiger partial charge in [-0.15, -0.1) is 0 Å². The lowest BCUT2D eigenvalue weighted by atomic mass is 10.1. The molecule has 0 unspecified atom stereocenters. The molecule has 2 aromatic rings. The van der Waals surface area contributed by atoms with E-state index in [-0.39, 0.29) is 10.7 Å². The van der Waals surface area contributed by atoms with E-state index in [4.69, 9.17) is 9.26 Å². The van der Waals surface area contributed by atoms with Gasteiger partial charge >= 0.3 is 0 Å². The molecule has 0 bridgehead atoms. The van der Waals surface area contributed by atoms with Gasteiger partial charge in [-0.05, 0) is 44.0 Å². The third-order valence-corrected chi connectivity index (χ3v) is 4.84. The SMILES string of the molecule is COc1cc(C)c(S(=O)(=O)NCC(=O)Nc2cc(C)on2)cc1C. The van der Waals surface area contributed by atoms with Gasteiger partial charge in [-0.3, -0.25) is 4.79 Å². The van der Waals surface area contributed by atoms with Crippen LogP contribution in [0.25, 0.3) is 0 Å². The number of aryl methyl sites for hydroxylation is 3. The molecule has 8 nitrogen and oxygen atoms in total. The molecule has 0 spiro atoms. The lowest BCUT2D eigenvalue weighted by molar-refractivity contribution is -0.115. The van der Waals surface area contributed by atoms with Crippen molar-refractivity contribution in [3.05, 3.63) is 35.1 Å². The summed E-state index contributed by atoms with van der Waals surface area (Å²) in [6.45, 7) is 4.67. The highest BCUT2D eigenvalue weighted by molar-refractivity contribution is 7.89. The Bertz CT molecular complexity index is 858. The zero-order valence-corrected chi connectivity index (χ0v) is 14.7. The Hall–Kier alpha value is -2.39. The van der Waals surface area contributed by atoms with Crippen molar-refractivity contribution in [1.82, 2.24) is 9.88 Å². The van der Waals surface area contributed by atoms with Crippen LogP contribution in [-0.4, -0.2) is 33.1 Å². The van der Waals surface area contributed by atoms with Crippen molar-refractivity contribution in [2.45, 2.75) is 25.7 Å². The second kappa shape index (κ2) is 7.02. The summed E-state index contributed by atoms with van der Waals surface area (Å²) in [5, 5.41) is 6.05. The molecule has 0 radical (unpaired) electrons. The molecule has 0 aliphatic rings. The van der Waals surface area contributed by atoms with E-state index in [1.165, 1.54) is 19.2 Å². The number of nitrogens with one attached hydrogen (secondary N) is 2. The second-order valence-corrected chi connectivity index (χ2v) is 7.02. The molecule has 1 amide bonds. The molecule has 0 saturated heterocycles. The van der Waals surface area contributed by atoms with Gasteiger partial charge in [0.1, 0.15) is 11.5 Å². The van der Waals surface area contributed by atoms with Crippen molar-refractivity contribution in [2.75, 3.05) is 19.0 Å². The Kier molecular flexibility index (Phi) is 5.25. The van der Waals surface area contributed by atoms with Crippen LogP contribution in [0.3, 0.4) is 0 Å². The van der Waals surface area contributed by atoms with E-state index in [0.29, 0.717) is 22.6 Å². The number of amides is 1. The summed E-state index contributed by atoms with van der Waals surface area (Å²) in [5.74, 6) is 0.823. The van der Waals surface area contributed by atoms with Crippen LogP contribution in [0, 0.1) is 20.8 Å². The van der Waals surface area contributed by atoms with Gasteiger partial charge in [0, 0.05) is 6.07 Å². The fourth-order valence-corrected chi connectivity index (χ4v) is 3.41. The van der Waals surface area contributed by atoms with Gasteiger partial charge in [-0.2, -0.15) is 0 Å². The van der Waals surface area contributed by atoms with E-state index in [9.17, 15) is 13.2 Å². The molecule has 24 heavy (non-hydrogen) atoms. The summed E-state index contributed by atoms with van der Waals surface area (Å²) in [5.41, 5.74) is 1.21. The second-order valence-electron chi connectivity index (χ2n) is 5.28. The normalized spacial score (nSPS) is 11.3. The molecule has 2 rings (SSSR count). The lowest BCUT2D eigenvalue weighted by Crippen LogP contribution is -2.33. The van der Waals surface area contributed by atoms with Crippen molar-refractivity contribution in [1.29, 1.82) is 0 Å². The van der Waals surface area contributed by atoms with Gasteiger partial charge in [-0.1, -0.05) is 5.16 Å². The standard InChI is InChI=1S/C15H19N3O5S/c1-9-6-13(10(2)5-12(9)22-4)24(20,21)16-8-15(19)17-14-7-11(3)23-18-14/h5-7,16H,8H2,1-4H3,(H,17,18,19). The van der Waals surface area contributed by atoms with E-state index < -0.39 is 22.5 Å². The quantitative estimate of drug-likeness (QED) is 0.815. The number of nitrogens with zero attached hydrogens (tertiary/aromatic N) is 1. The molecule has 9 heteroatoms. The Labute approximate surface area is 140 Å². The molecule has 0 fully saturated rings. The number of aromatic nitrogens is 1. The number of sulfonamides is 1. The molecule has 130 valence electrons. The maximum absolute atomic E-state index is 12.4. The highest BCUT2D eigenvalue weighted by Gasteiger charge is 2.20. The summed E-state index contributed by atoms with van der Waals surface area (Å²) >= 11 is 0. The molecule has 0 aliphatic carbocycles. The first-order chi connectivity index (χ1) is 11.2. The third kappa shape index (κ3) is 4.12. The van der Waals surface area contributed by atoms with Crippen molar-refractivity contribution in [2.24, 2.45) is 0 Å². The third-order valence-electron chi connectivity index (χ3n) is 3.30. The van der Waals surface area contributed by atoms with E-state index in [0.717, 1.165) is 0 Å². The smallest absolute Gasteiger partial charge is 0.241 e. The predicted molar refractivity (Wildman–Crippen MR) is 87.5 cm³/mol. The van der Waals surface area contributed by atoms with Crippen LogP contribution in [0.4, 0.5) is 5.82 Å². The molecular formula is C15H19N3O5S. The number of methoxy groups -OCH3 is 1. The van der Waals surface area contributed by atoms with E-state index in [1.54, 1.807) is 26.8 Å².